The van der Waals surface area contributed by atoms with Crippen LogP contribution in [0.2, 0.25) is 5.02 Å². The van der Waals surface area contributed by atoms with Crippen molar-refractivity contribution in [3.8, 4) is 5.75 Å². The molecular formula is C29H34ClN3O7. The van der Waals surface area contributed by atoms with Gasteiger partial charge in [-0.15, -0.1) is 0 Å². The summed E-state index contributed by atoms with van der Waals surface area (Å²) in [5.41, 5.74) is 3.45. The quantitative estimate of drug-likeness (QED) is 0.340. The third-order valence-electron chi connectivity index (χ3n) is 10.00. The molecule has 4 atom stereocenters. The number of aromatic hydroxyl groups is 1. The second-order valence-corrected chi connectivity index (χ2v) is 12.8. The van der Waals surface area contributed by atoms with E-state index in [0.29, 0.717) is 22.5 Å². The van der Waals surface area contributed by atoms with Gasteiger partial charge in [-0.3, -0.25) is 24.2 Å². The molecule has 6 N–H and O–H groups in total. The lowest BCUT2D eigenvalue weighted by Gasteiger charge is -2.50. The summed E-state index contributed by atoms with van der Waals surface area (Å²) in [6, 6.07) is 0.385. The number of rotatable bonds is 4. The van der Waals surface area contributed by atoms with Crippen molar-refractivity contribution in [2.75, 3.05) is 27.2 Å². The van der Waals surface area contributed by atoms with E-state index in [1.54, 1.807) is 14.1 Å². The number of fused-ring (bicyclic) bond motifs is 3. The number of primary amides is 1. The number of likely N-dealkylation sites (tertiary alicyclic amines) is 1. The Morgan fingerprint density at radius 2 is 1.80 bits per heavy atom. The number of likely N-dealkylation sites (N-methyl/N-ethyl adjacent to an activating group) is 1. The van der Waals surface area contributed by atoms with Crippen molar-refractivity contribution in [3.63, 3.8) is 0 Å². The number of phenolic OH excluding ortho intramolecular Hbond substituents is 1. The van der Waals surface area contributed by atoms with E-state index in [-0.39, 0.29) is 29.7 Å². The number of carbonyl (C=O) groups excluding carboxylic acids is 3. The van der Waals surface area contributed by atoms with Gasteiger partial charge in [0.25, 0.3) is 5.91 Å². The number of benzene rings is 1. The van der Waals surface area contributed by atoms with Crippen LogP contribution in [0, 0.1) is 17.3 Å². The normalized spacial score (nSPS) is 31.4. The van der Waals surface area contributed by atoms with E-state index in [2.05, 4.69) is 4.90 Å². The molecule has 1 amide bonds. The maximum absolute atomic E-state index is 13.9. The van der Waals surface area contributed by atoms with Gasteiger partial charge >= 0.3 is 0 Å². The zero-order valence-electron chi connectivity index (χ0n) is 22.5. The van der Waals surface area contributed by atoms with E-state index < -0.39 is 58.0 Å². The number of nitrogens with zero attached hydrogens (tertiary/aromatic N) is 2. The predicted octanol–water partition coefficient (Wildman–Crippen LogP) is 1.99. The number of hydrogen-bond donors (Lipinski definition) is 5. The van der Waals surface area contributed by atoms with Gasteiger partial charge < -0.3 is 26.2 Å². The topological polar surface area (TPSA) is 165 Å². The molecule has 214 valence electrons. The first-order valence-electron chi connectivity index (χ1n) is 13.7. The molecule has 2 saturated carbocycles. The number of ketones is 2. The van der Waals surface area contributed by atoms with Crippen molar-refractivity contribution in [3.05, 3.63) is 44.7 Å². The van der Waals surface area contributed by atoms with Crippen LogP contribution < -0.4 is 5.73 Å². The van der Waals surface area contributed by atoms with Crippen LogP contribution in [0.15, 0.2) is 23.0 Å². The highest BCUT2D eigenvalue weighted by Gasteiger charge is 2.64. The maximum atomic E-state index is 13.9. The molecule has 10 nitrogen and oxygen atoms in total. The summed E-state index contributed by atoms with van der Waals surface area (Å²) in [6.07, 6.45) is 5.09. The van der Waals surface area contributed by atoms with Crippen molar-refractivity contribution in [2.45, 2.75) is 56.7 Å². The van der Waals surface area contributed by atoms with Gasteiger partial charge in [-0.1, -0.05) is 11.6 Å². The van der Waals surface area contributed by atoms with Crippen LogP contribution in [0.1, 0.15) is 48.8 Å². The largest absolute Gasteiger partial charge is 0.508 e. The van der Waals surface area contributed by atoms with Gasteiger partial charge in [-0.25, -0.2) is 0 Å². The summed E-state index contributed by atoms with van der Waals surface area (Å²) in [5.74, 6) is -6.72. The SMILES string of the molecule is CN(C)[C@@H]1C(=O)C(C(N)=O)=C(O)[C@@]2(O)C(=O)C3=C(O)c4c(O)cc(CN5CCC6(CC5)CC6)c(Cl)c4C[C@H]3C[C@@H]12. The number of halogens is 1. The van der Waals surface area contributed by atoms with Gasteiger partial charge in [0.1, 0.15) is 22.8 Å². The minimum Gasteiger partial charge on any atom is -0.508 e. The first-order chi connectivity index (χ1) is 18.8. The first-order valence-corrected chi connectivity index (χ1v) is 14.1. The molecule has 1 aromatic carbocycles. The van der Waals surface area contributed by atoms with Gasteiger partial charge in [-0.2, -0.15) is 0 Å². The molecule has 6 rings (SSSR count). The van der Waals surface area contributed by atoms with Gasteiger partial charge in [0.2, 0.25) is 5.78 Å². The molecule has 1 aromatic rings. The lowest BCUT2D eigenvalue weighted by molar-refractivity contribution is -0.153. The van der Waals surface area contributed by atoms with Gasteiger partial charge in [0.05, 0.1) is 11.6 Å². The molecule has 4 aliphatic carbocycles. The molecule has 0 radical (unpaired) electrons. The molecule has 0 unspecified atom stereocenters. The Balaban J connectivity index is 1.41. The molecule has 3 fully saturated rings. The third kappa shape index (κ3) is 3.76. The number of phenols is 1. The Labute approximate surface area is 236 Å². The predicted molar refractivity (Wildman–Crippen MR) is 145 cm³/mol. The Morgan fingerprint density at radius 1 is 1.15 bits per heavy atom. The van der Waals surface area contributed by atoms with Crippen molar-refractivity contribution in [1.29, 1.82) is 0 Å². The minimum absolute atomic E-state index is 0.0145. The van der Waals surface area contributed by atoms with Crippen LogP contribution in [0.25, 0.3) is 5.76 Å². The summed E-state index contributed by atoms with van der Waals surface area (Å²) < 4.78 is 0. The van der Waals surface area contributed by atoms with Crippen LogP contribution in [0.5, 0.6) is 5.75 Å². The van der Waals surface area contributed by atoms with Gasteiger partial charge in [0, 0.05) is 23.1 Å². The van der Waals surface area contributed by atoms with Crippen LogP contribution >= 0.6 is 11.6 Å². The number of amides is 1. The molecule has 1 aliphatic heterocycles. The molecule has 40 heavy (non-hydrogen) atoms. The maximum Gasteiger partial charge on any atom is 0.255 e. The summed E-state index contributed by atoms with van der Waals surface area (Å²) in [5, 5.41) is 45.4. The highest BCUT2D eigenvalue weighted by Crippen LogP contribution is 2.55. The van der Waals surface area contributed by atoms with Crippen LogP contribution in [-0.4, -0.2) is 86.5 Å². The molecular weight excluding hydrogens is 538 g/mol. The van der Waals surface area contributed by atoms with Crippen LogP contribution in [0.3, 0.4) is 0 Å². The molecule has 11 heteroatoms. The van der Waals surface area contributed by atoms with Crippen molar-refractivity contribution in [1.82, 2.24) is 9.80 Å². The Kier molecular flexibility index (Phi) is 6.16. The fraction of sp³-hybridized carbons (Fsp3) is 0.552. The Morgan fingerprint density at radius 3 is 2.38 bits per heavy atom. The van der Waals surface area contributed by atoms with E-state index in [1.807, 2.05) is 0 Å². The Hall–Kier alpha value is -2.92. The van der Waals surface area contributed by atoms with E-state index in [4.69, 9.17) is 17.3 Å². The third-order valence-corrected chi connectivity index (χ3v) is 10.5. The molecule has 1 saturated heterocycles. The zero-order chi connectivity index (χ0) is 28.9. The monoisotopic (exact) mass is 571 g/mol. The van der Waals surface area contributed by atoms with Gasteiger partial charge in [0.15, 0.2) is 11.4 Å². The smallest absolute Gasteiger partial charge is 0.255 e. The molecule has 0 aromatic heterocycles. The number of aliphatic hydroxyl groups is 3. The average Bonchev–Trinajstić information content (AvgIpc) is 3.64. The summed E-state index contributed by atoms with van der Waals surface area (Å²) in [4.78, 5) is 43.0. The number of hydrogen-bond acceptors (Lipinski definition) is 9. The first kappa shape index (κ1) is 27.3. The van der Waals surface area contributed by atoms with Crippen LogP contribution in [0.4, 0.5) is 0 Å². The highest BCUT2D eigenvalue weighted by molar-refractivity contribution is 6.32. The fourth-order valence-electron chi connectivity index (χ4n) is 7.57. The Bertz CT molecular complexity index is 1420. The highest BCUT2D eigenvalue weighted by atomic mass is 35.5. The summed E-state index contributed by atoms with van der Waals surface area (Å²) in [7, 11) is 3.14. The fourth-order valence-corrected chi connectivity index (χ4v) is 7.85. The average molecular weight is 572 g/mol. The standard InChI is InChI=1S/C29H34ClN3O7/c1-32(2)22-16-10-13-9-15-19(17(34)11-14(21(15)30)12-33-7-5-28(3-4-28)6-8-33)23(35)18(13)25(37)29(16,40)26(38)20(24(22)36)27(31)39/h11,13,16,22,34-35,38,40H,3-10,12H2,1-2H3,(H2,31,39)/t13-,16-,22-,29-/m0/s1. The number of carbonyl (C=O) groups is 3. The summed E-state index contributed by atoms with van der Waals surface area (Å²) in [6.45, 7) is 2.45. The number of Topliss-reactive ketones (excluding diaryl/α,β-unsaturated/α-hetero) is 2. The summed E-state index contributed by atoms with van der Waals surface area (Å²) >= 11 is 6.90. The second-order valence-electron chi connectivity index (χ2n) is 12.5. The second kappa shape index (κ2) is 9.04. The van der Waals surface area contributed by atoms with Crippen molar-refractivity contribution < 1.29 is 34.8 Å². The number of nitrogens with two attached hydrogens (primary N) is 1. The van der Waals surface area contributed by atoms with Crippen LogP contribution in [-0.2, 0) is 27.3 Å². The number of aliphatic hydroxyl groups excluding tert-OH is 2. The van der Waals surface area contributed by atoms with E-state index >= 15 is 0 Å². The van der Waals surface area contributed by atoms with Crippen molar-refractivity contribution >= 4 is 34.8 Å². The van der Waals surface area contributed by atoms with Crippen molar-refractivity contribution in [2.24, 2.45) is 23.0 Å². The lowest BCUT2D eigenvalue weighted by Crippen LogP contribution is -2.65. The minimum atomic E-state index is -2.66. The van der Waals surface area contributed by atoms with E-state index in [9.17, 15) is 34.8 Å². The van der Waals surface area contributed by atoms with Gasteiger partial charge in [-0.05, 0) is 94.2 Å². The molecule has 5 aliphatic rings. The number of piperidine rings is 1. The lowest BCUT2D eigenvalue weighted by atomic mass is 9.57. The molecule has 0 bridgehead atoms. The zero-order valence-corrected chi connectivity index (χ0v) is 23.3. The van der Waals surface area contributed by atoms with E-state index in [1.165, 1.54) is 23.8 Å². The van der Waals surface area contributed by atoms with E-state index in [0.717, 1.165) is 31.5 Å². The molecule has 1 heterocycles. The molecule has 1 spiro atoms.